The number of benzene rings is 1. The van der Waals surface area contributed by atoms with Crippen molar-refractivity contribution in [2.45, 2.75) is 13.0 Å². The Hall–Kier alpha value is -1.47. The molecule has 0 saturated carbocycles. The average molecular weight is 315 g/mol. The monoisotopic (exact) mass is 315 g/mol. The van der Waals surface area contributed by atoms with Crippen LogP contribution >= 0.6 is 0 Å². The molecule has 0 radical (unpaired) electrons. The molecule has 1 fully saturated rings. The van der Waals surface area contributed by atoms with Gasteiger partial charge in [0.2, 0.25) is 0 Å². The van der Waals surface area contributed by atoms with E-state index in [1.165, 1.54) is 19.2 Å². The number of ketones is 1. The molecule has 1 heterocycles. The molecule has 1 saturated heterocycles. The molecular formula is C14H18FNO4S. The number of hydrogen-bond donors (Lipinski definition) is 0. The zero-order valence-electron chi connectivity index (χ0n) is 12.0. The lowest BCUT2D eigenvalue weighted by Crippen LogP contribution is -2.48. The molecule has 21 heavy (non-hydrogen) atoms. The summed E-state index contributed by atoms with van der Waals surface area (Å²) in [4.78, 5) is 14.1. The number of Topliss-reactive ketones (excluding diaryl/α,β-unsaturated/α-hetero) is 1. The maximum absolute atomic E-state index is 13.3. The highest BCUT2D eigenvalue weighted by Crippen LogP contribution is 2.21. The lowest BCUT2D eigenvalue weighted by atomic mass is 10.1. The number of rotatable bonds is 4. The maximum atomic E-state index is 13.3. The van der Waals surface area contributed by atoms with Gasteiger partial charge < -0.3 is 4.74 Å². The molecular weight excluding hydrogens is 297 g/mol. The Balaban J connectivity index is 2.13. The topological polar surface area (TPSA) is 63.7 Å². The highest BCUT2D eigenvalue weighted by molar-refractivity contribution is 7.91. The highest BCUT2D eigenvalue weighted by atomic mass is 32.2. The molecule has 0 aromatic heterocycles. The van der Waals surface area contributed by atoms with Crippen LogP contribution in [0.3, 0.4) is 0 Å². The van der Waals surface area contributed by atoms with E-state index in [4.69, 9.17) is 4.74 Å². The number of sulfone groups is 1. The third kappa shape index (κ3) is 3.79. The Bertz CT molecular complexity index is 644. The fourth-order valence-electron chi connectivity index (χ4n) is 2.44. The van der Waals surface area contributed by atoms with Gasteiger partial charge in [-0.15, -0.1) is 0 Å². The predicted octanol–water partition coefficient (Wildman–Crippen LogP) is 1.14. The minimum absolute atomic E-state index is 0.0422. The second kappa shape index (κ2) is 6.11. The number of methoxy groups -OCH3 is 1. The van der Waals surface area contributed by atoms with E-state index in [0.717, 1.165) is 6.07 Å². The molecule has 5 nitrogen and oxygen atoms in total. The van der Waals surface area contributed by atoms with Gasteiger partial charge in [0.05, 0.1) is 30.7 Å². The van der Waals surface area contributed by atoms with Gasteiger partial charge in [0.1, 0.15) is 11.6 Å². The summed E-state index contributed by atoms with van der Waals surface area (Å²) in [6.07, 6.45) is 0. The maximum Gasteiger partial charge on any atom is 0.180 e. The number of carbonyl (C=O) groups is 1. The van der Waals surface area contributed by atoms with Crippen LogP contribution in [-0.4, -0.2) is 56.8 Å². The molecule has 1 aliphatic rings. The van der Waals surface area contributed by atoms with Crippen LogP contribution < -0.4 is 4.74 Å². The van der Waals surface area contributed by atoms with Gasteiger partial charge >= 0.3 is 0 Å². The number of halogens is 1. The van der Waals surface area contributed by atoms with Gasteiger partial charge in [0.15, 0.2) is 15.6 Å². The number of hydrogen-bond acceptors (Lipinski definition) is 5. The van der Waals surface area contributed by atoms with Crippen LogP contribution in [0, 0.1) is 5.82 Å². The van der Waals surface area contributed by atoms with Crippen LogP contribution in [0.5, 0.6) is 5.75 Å². The van der Waals surface area contributed by atoms with Gasteiger partial charge in [0.25, 0.3) is 0 Å². The van der Waals surface area contributed by atoms with E-state index in [1.807, 2.05) is 0 Å². The summed E-state index contributed by atoms with van der Waals surface area (Å²) in [6, 6.07) is 3.55. The van der Waals surface area contributed by atoms with Gasteiger partial charge in [-0.3, -0.25) is 9.69 Å². The van der Waals surface area contributed by atoms with Gasteiger partial charge in [0, 0.05) is 12.6 Å². The molecule has 1 atom stereocenters. The van der Waals surface area contributed by atoms with Crippen LogP contribution in [0.25, 0.3) is 0 Å². The number of carbonyl (C=O) groups excluding carboxylic acids is 1. The first-order chi connectivity index (χ1) is 9.82. The first-order valence-electron chi connectivity index (χ1n) is 6.63. The molecule has 1 aromatic carbocycles. The van der Waals surface area contributed by atoms with E-state index >= 15 is 0 Å². The van der Waals surface area contributed by atoms with E-state index in [-0.39, 0.29) is 35.4 Å². The standard InChI is InChI=1S/C14H18FNO4S/c1-10-9-21(18,19)6-5-16(10)8-13(17)12-7-11(15)3-4-14(12)20-2/h3-4,7,10H,5-6,8-9H2,1-2H3. The van der Waals surface area contributed by atoms with Crippen molar-refractivity contribution in [2.24, 2.45) is 0 Å². The van der Waals surface area contributed by atoms with E-state index in [2.05, 4.69) is 0 Å². The first-order valence-corrected chi connectivity index (χ1v) is 8.46. The minimum atomic E-state index is -3.02. The zero-order valence-corrected chi connectivity index (χ0v) is 12.8. The SMILES string of the molecule is COc1ccc(F)cc1C(=O)CN1CCS(=O)(=O)CC1C. The van der Waals surface area contributed by atoms with Crippen molar-refractivity contribution >= 4 is 15.6 Å². The van der Waals surface area contributed by atoms with Crippen molar-refractivity contribution < 1.29 is 22.3 Å². The number of ether oxygens (including phenoxy) is 1. The Morgan fingerprint density at radius 2 is 2.19 bits per heavy atom. The lowest BCUT2D eigenvalue weighted by Gasteiger charge is -2.32. The smallest absolute Gasteiger partial charge is 0.180 e. The largest absolute Gasteiger partial charge is 0.496 e. The summed E-state index contributed by atoms with van der Waals surface area (Å²) in [5.74, 6) is -0.379. The summed E-state index contributed by atoms with van der Waals surface area (Å²) in [7, 11) is -1.61. The molecule has 1 aliphatic heterocycles. The normalized spacial score (nSPS) is 22.0. The summed E-state index contributed by atoms with van der Waals surface area (Å²) >= 11 is 0. The van der Waals surface area contributed by atoms with E-state index in [0.29, 0.717) is 12.3 Å². The van der Waals surface area contributed by atoms with Crippen LogP contribution in [0.4, 0.5) is 4.39 Å². The summed E-state index contributed by atoms with van der Waals surface area (Å²) in [5, 5.41) is 0. The van der Waals surface area contributed by atoms with Gasteiger partial charge in [-0.25, -0.2) is 12.8 Å². The van der Waals surface area contributed by atoms with E-state index < -0.39 is 15.7 Å². The Labute approximate surface area is 123 Å². The second-order valence-electron chi connectivity index (χ2n) is 5.20. The quantitative estimate of drug-likeness (QED) is 0.780. The van der Waals surface area contributed by atoms with Crippen molar-refractivity contribution in [1.29, 1.82) is 0 Å². The molecule has 0 spiro atoms. The van der Waals surface area contributed by atoms with E-state index in [9.17, 15) is 17.6 Å². The molecule has 1 aromatic rings. The highest BCUT2D eigenvalue weighted by Gasteiger charge is 2.30. The minimum Gasteiger partial charge on any atom is -0.496 e. The van der Waals surface area contributed by atoms with Gasteiger partial charge in [-0.05, 0) is 25.1 Å². The Morgan fingerprint density at radius 3 is 2.81 bits per heavy atom. The average Bonchev–Trinajstić information content (AvgIpc) is 2.41. The van der Waals surface area contributed by atoms with E-state index in [1.54, 1.807) is 11.8 Å². The first kappa shape index (κ1) is 15.9. The third-order valence-corrected chi connectivity index (χ3v) is 5.41. The molecule has 7 heteroatoms. The molecule has 0 N–H and O–H groups in total. The van der Waals surface area contributed by atoms with Gasteiger partial charge in [-0.2, -0.15) is 0 Å². The summed E-state index contributed by atoms with van der Waals surface area (Å²) in [5.41, 5.74) is 0.179. The lowest BCUT2D eigenvalue weighted by molar-refractivity contribution is 0.0905. The fourth-order valence-corrected chi connectivity index (χ4v) is 4.06. The molecule has 0 bridgehead atoms. The van der Waals surface area contributed by atoms with Crippen molar-refractivity contribution in [3.05, 3.63) is 29.6 Å². The van der Waals surface area contributed by atoms with Crippen LogP contribution in [0.15, 0.2) is 18.2 Å². The zero-order chi connectivity index (χ0) is 15.6. The van der Waals surface area contributed by atoms with Crippen LogP contribution in [-0.2, 0) is 9.84 Å². The summed E-state index contributed by atoms with van der Waals surface area (Å²) < 4.78 is 41.4. The Morgan fingerprint density at radius 1 is 1.48 bits per heavy atom. The summed E-state index contributed by atoms with van der Waals surface area (Å²) in [6.45, 7) is 2.14. The van der Waals surface area contributed by atoms with Crippen molar-refractivity contribution in [3.63, 3.8) is 0 Å². The fraction of sp³-hybridized carbons (Fsp3) is 0.500. The molecule has 1 unspecified atom stereocenters. The Kier molecular flexibility index (Phi) is 4.63. The molecule has 0 amide bonds. The van der Waals surface area contributed by atoms with Crippen LogP contribution in [0.1, 0.15) is 17.3 Å². The van der Waals surface area contributed by atoms with Crippen molar-refractivity contribution in [3.8, 4) is 5.75 Å². The van der Waals surface area contributed by atoms with Crippen molar-refractivity contribution in [2.75, 3.05) is 31.7 Å². The second-order valence-corrected chi connectivity index (χ2v) is 7.43. The molecule has 116 valence electrons. The molecule has 2 rings (SSSR count). The number of nitrogens with zero attached hydrogens (tertiary/aromatic N) is 1. The van der Waals surface area contributed by atoms with Gasteiger partial charge in [-0.1, -0.05) is 0 Å². The van der Waals surface area contributed by atoms with Crippen molar-refractivity contribution in [1.82, 2.24) is 4.90 Å². The van der Waals surface area contributed by atoms with Crippen LogP contribution in [0.2, 0.25) is 0 Å². The predicted molar refractivity (Wildman–Crippen MR) is 77.0 cm³/mol. The third-order valence-electron chi connectivity index (χ3n) is 3.62. The molecule has 0 aliphatic carbocycles.